The van der Waals surface area contributed by atoms with E-state index in [0.717, 1.165) is 30.7 Å². The van der Waals surface area contributed by atoms with Gasteiger partial charge in [0.05, 0.1) is 6.10 Å². The van der Waals surface area contributed by atoms with Gasteiger partial charge >= 0.3 is 0 Å². The fourth-order valence-corrected chi connectivity index (χ4v) is 1.24. The zero-order valence-electron chi connectivity index (χ0n) is 8.16. The first-order chi connectivity index (χ1) is 6.81. The van der Waals surface area contributed by atoms with Crippen molar-refractivity contribution in [2.75, 3.05) is 0 Å². The van der Waals surface area contributed by atoms with Crippen molar-refractivity contribution in [3.8, 4) is 11.8 Å². The van der Waals surface area contributed by atoms with Gasteiger partial charge in [0.25, 0.3) is 0 Å². The van der Waals surface area contributed by atoms with E-state index in [1.54, 1.807) is 6.07 Å². The van der Waals surface area contributed by atoms with Crippen LogP contribution in [0.25, 0.3) is 0 Å². The maximum Gasteiger partial charge on any atom is 0.144 e. The van der Waals surface area contributed by atoms with Gasteiger partial charge in [0.1, 0.15) is 17.5 Å². The van der Waals surface area contributed by atoms with Crippen LogP contribution in [0.5, 0.6) is 5.75 Å². The van der Waals surface area contributed by atoms with Crippen molar-refractivity contribution in [1.29, 1.82) is 5.26 Å². The average Bonchev–Trinajstić information content (AvgIpc) is 3.01. The van der Waals surface area contributed by atoms with Crippen LogP contribution in [0.15, 0.2) is 12.1 Å². The molecule has 1 aliphatic carbocycles. The summed E-state index contributed by atoms with van der Waals surface area (Å²) < 4.78 is 5.62. The predicted octanol–water partition coefficient (Wildman–Crippen LogP) is 2.06. The second kappa shape index (κ2) is 3.67. The molecule has 2 rings (SSSR count). The van der Waals surface area contributed by atoms with E-state index in [-0.39, 0.29) is 0 Å². The molecular formula is C11H12N2O. The van der Waals surface area contributed by atoms with E-state index in [9.17, 15) is 0 Å². The molecule has 72 valence electrons. The zero-order chi connectivity index (χ0) is 9.97. The lowest BCUT2D eigenvalue weighted by Crippen LogP contribution is -1.99. The van der Waals surface area contributed by atoms with Crippen LogP contribution in [0, 0.1) is 11.3 Å². The standard InChI is InChI=1S/C11H12N2O/c1-2-8-5-11(14-10-3-4-10)6-9(7-12)13-8/h5-6,10H,2-4H2,1H3. The molecule has 0 atom stereocenters. The molecule has 0 unspecified atom stereocenters. The van der Waals surface area contributed by atoms with Gasteiger partial charge in [-0.25, -0.2) is 4.98 Å². The quantitative estimate of drug-likeness (QED) is 0.729. The van der Waals surface area contributed by atoms with Crippen molar-refractivity contribution in [3.63, 3.8) is 0 Å². The lowest BCUT2D eigenvalue weighted by atomic mass is 10.2. The summed E-state index contributed by atoms with van der Waals surface area (Å²) in [6, 6.07) is 5.67. The highest BCUT2D eigenvalue weighted by atomic mass is 16.5. The SMILES string of the molecule is CCc1cc(OC2CC2)cc(C#N)n1. The van der Waals surface area contributed by atoms with Gasteiger partial charge in [0, 0.05) is 17.8 Å². The van der Waals surface area contributed by atoms with Gasteiger partial charge in [0.2, 0.25) is 0 Å². The minimum Gasteiger partial charge on any atom is -0.490 e. The number of rotatable bonds is 3. The molecule has 0 bridgehead atoms. The van der Waals surface area contributed by atoms with E-state index in [4.69, 9.17) is 10.00 Å². The molecule has 1 fully saturated rings. The van der Waals surface area contributed by atoms with Crippen LogP contribution >= 0.6 is 0 Å². The molecule has 3 heteroatoms. The summed E-state index contributed by atoms with van der Waals surface area (Å²) in [6.45, 7) is 2.02. The summed E-state index contributed by atoms with van der Waals surface area (Å²) in [4.78, 5) is 4.16. The topological polar surface area (TPSA) is 45.9 Å². The number of hydrogen-bond donors (Lipinski definition) is 0. The van der Waals surface area contributed by atoms with Gasteiger partial charge in [-0.15, -0.1) is 0 Å². The maximum absolute atomic E-state index is 8.76. The van der Waals surface area contributed by atoms with Gasteiger partial charge in [-0.05, 0) is 19.3 Å². The van der Waals surface area contributed by atoms with Gasteiger partial charge in [-0.1, -0.05) is 6.92 Å². The van der Waals surface area contributed by atoms with Crippen molar-refractivity contribution < 1.29 is 4.74 Å². The van der Waals surface area contributed by atoms with Crippen molar-refractivity contribution in [2.24, 2.45) is 0 Å². The van der Waals surface area contributed by atoms with Crippen LogP contribution in [0.4, 0.5) is 0 Å². The van der Waals surface area contributed by atoms with Crippen LogP contribution in [0.1, 0.15) is 31.2 Å². The molecule has 0 saturated heterocycles. The molecule has 3 nitrogen and oxygen atoms in total. The summed E-state index contributed by atoms with van der Waals surface area (Å²) in [5, 5.41) is 8.76. The number of ether oxygens (including phenoxy) is 1. The van der Waals surface area contributed by atoms with Crippen LogP contribution in [-0.4, -0.2) is 11.1 Å². The third-order valence-electron chi connectivity index (χ3n) is 2.16. The lowest BCUT2D eigenvalue weighted by Gasteiger charge is -2.05. The number of nitriles is 1. The monoisotopic (exact) mass is 188 g/mol. The van der Waals surface area contributed by atoms with Gasteiger partial charge < -0.3 is 4.74 Å². The molecule has 1 aromatic heterocycles. The van der Waals surface area contributed by atoms with E-state index in [2.05, 4.69) is 4.98 Å². The van der Waals surface area contributed by atoms with Crippen molar-refractivity contribution in [1.82, 2.24) is 4.98 Å². The maximum atomic E-state index is 8.76. The third kappa shape index (κ3) is 2.02. The smallest absolute Gasteiger partial charge is 0.144 e. The number of aryl methyl sites for hydroxylation is 1. The molecule has 0 radical (unpaired) electrons. The number of hydrogen-bond acceptors (Lipinski definition) is 3. The summed E-state index contributed by atoms with van der Waals surface area (Å²) in [5.41, 5.74) is 1.36. The summed E-state index contributed by atoms with van der Waals surface area (Å²) >= 11 is 0. The first-order valence-electron chi connectivity index (χ1n) is 4.89. The van der Waals surface area contributed by atoms with Crippen molar-refractivity contribution >= 4 is 0 Å². The Kier molecular flexibility index (Phi) is 2.36. The Hall–Kier alpha value is -1.56. The molecule has 1 saturated carbocycles. The molecule has 14 heavy (non-hydrogen) atoms. The molecule has 0 N–H and O–H groups in total. The highest BCUT2D eigenvalue weighted by Crippen LogP contribution is 2.27. The molecule has 0 aromatic carbocycles. The van der Waals surface area contributed by atoms with Crippen LogP contribution < -0.4 is 4.74 Å². The summed E-state index contributed by atoms with van der Waals surface area (Å²) in [6.07, 6.45) is 3.46. The largest absolute Gasteiger partial charge is 0.490 e. The normalized spacial score (nSPS) is 14.9. The van der Waals surface area contributed by atoms with E-state index in [0.29, 0.717) is 11.8 Å². The fourth-order valence-electron chi connectivity index (χ4n) is 1.24. The number of aromatic nitrogens is 1. The Balaban J connectivity index is 2.24. The van der Waals surface area contributed by atoms with E-state index in [1.165, 1.54) is 0 Å². The lowest BCUT2D eigenvalue weighted by molar-refractivity contribution is 0.302. The summed E-state index contributed by atoms with van der Waals surface area (Å²) in [7, 11) is 0. The highest BCUT2D eigenvalue weighted by Gasteiger charge is 2.23. The fraction of sp³-hybridized carbons (Fsp3) is 0.455. The van der Waals surface area contributed by atoms with Crippen molar-refractivity contribution in [2.45, 2.75) is 32.3 Å². The van der Waals surface area contributed by atoms with E-state index in [1.807, 2.05) is 19.1 Å². The minimum absolute atomic E-state index is 0.369. The second-order valence-electron chi connectivity index (χ2n) is 3.46. The van der Waals surface area contributed by atoms with Crippen LogP contribution in [0.2, 0.25) is 0 Å². The van der Waals surface area contributed by atoms with E-state index >= 15 is 0 Å². The Morgan fingerprint density at radius 3 is 2.93 bits per heavy atom. The highest BCUT2D eigenvalue weighted by molar-refractivity contribution is 5.33. The molecule has 0 spiro atoms. The van der Waals surface area contributed by atoms with Gasteiger partial charge in [-0.3, -0.25) is 0 Å². The number of nitrogens with zero attached hydrogens (tertiary/aromatic N) is 2. The second-order valence-corrected chi connectivity index (χ2v) is 3.46. The molecule has 1 aliphatic rings. The predicted molar refractivity (Wildman–Crippen MR) is 52.0 cm³/mol. The first-order valence-corrected chi connectivity index (χ1v) is 4.89. The number of pyridine rings is 1. The van der Waals surface area contributed by atoms with Crippen LogP contribution in [-0.2, 0) is 6.42 Å². The molecule has 1 aromatic rings. The zero-order valence-corrected chi connectivity index (χ0v) is 8.16. The Morgan fingerprint density at radius 1 is 1.57 bits per heavy atom. The Bertz CT molecular complexity index is 377. The molecular weight excluding hydrogens is 176 g/mol. The Labute approximate surface area is 83.3 Å². The molecule has 1 heterocycles. The van der Waals surface area contributed by atoms with E-state index < -0.39 is 0 Å². The van der Waals surface area contributed by atoms with Crippen molar-refractivity contribution in [3.05, 3.63) is 23.5 Å². The van der Waals surface area contributed by atoms with Crippen LogP contribution in [0.3, 0.4) is 0 Å². The minimum atomic E-state index is 0.369. The van der Waals surface area contributed by atoms with Gasteiger partial charge in [-0.2, -0.15) is 5.26 Å². The average molecular weight is 188 g/mol. The third-order valence-corrected chi connectivity index (χ3v) is 2.16. The Morgan fingerprint density at radius 2 is 2.36 bits per heavy atom. The summed E-state index contributed by atoms with van der Waals surface area (Å²) in [5.74, 6) is 0.788. The molecule has 0 amide bonds. The van der Waals surface area contributed by atoms with Gasteiger partial charge in [0.15, 0.2) is 0 Å². The molecule has 0 aliphatic heterocycles. The first kappa shape index (κ1) is 9.01.